The van der Waals surface area contributed by atoms with Gasteiger partial charge < -0.3 is 9.30 Å². The van der Waals surface area contributed by atoms with Crippen LogP contribution in [0.4, 0.5) is 0 Å². The fourth-order valence-corrected chi connectivity index (χ4v) is 2.64. The molecular formula is C14H17NO. The number of nitrogens with zero attached hydrogens (tertiary/aromatic N) is 1. The Morgan fingerprint density at radius 1 is 1.38 bits per heavy atom. The van der Waals surface area contributed by atoms with Crippen molar-refractivity contribution in [2.45, 2.75) is 32.9 Å². The second-order valence-electron chi connectivity index (χ2n) is 4.44. The van der Waals surface area contributed by atoms with E-state index in [1.807, 2.05) is 0 Å². The van der Waals surface area contributed by atoms with Gasteiger partial charge in [-0.3, -0.25) is 0 Å². The highest BCUT2D eigenvalue weighted by molar-refractivity contribution is 5.84. The lowest BCUT2D eigenvalue weighted by Gasteiger charge is -2.17. The summed E-state index contributed by atoms with van der Waals surface area (Å²) < 4.78 is 7.94. The second-order valence-corrected chi connectivity index (χ2v) is 4.44. The lowest BCUT2D eigenvalue weighted by molar-refractivity contribution is 0.0864. The van der Waals surface area contributed by atoms with Crippen LogP contribution in [-0.4, -0.2) is 11.2 Å². The van der Waals surface area contributed by atoms with Gasteiger partial charge in [0.2, 0.25) is 0 Å². The van der Waals surface area contributed by atoms with Crippen LogP contribution in [0, 0.1) is 0 Å². The zero-order valence-electron chi connectivity index (χ0n) is 9.70. The summed E-state index contributed by atoms with van der Waals surface area (Å²) in [5, 5.41) is 1.37. The van der Waals surface area contributed by atoms with E-state index < -0.39 is 0 Å². The minimum absolute atomic E-state index is 0.764. The molecule has 1 aromatic heterocycles. The van der Waals surface area contributed by atoms with E-state index in [0.717, 1.165) is 19.8 Å². The average Bonchev–Trinajstić information content (AvgIpc) is 2.68. The van der Waals surface area contributed by atoms with Crippen molar-refractivity contribution >= 4 is 10.9 Å². The molecule has 2 heterocycles. The lowest BCUT2D eigenvalue weighted by Crippen LogP contribution is -2.16. The first-order valence-corrected chi connectivity index (χ1v) is 6.08. The summed E-state index contributed by atoms with van der Waals surface area (Å²) in [6.07, 6.45) is 2.37. The SMILES string of the molecule is CCCc1cccc2cc3n(c12)CCOC3. The number of hydrogen-bond donors (Lipinski definition) is 0. The summed E-state index contributed by atoms with van der Waals surface area (Å²) in [7, 11) is 0. The maximum Gasteiger partial charge on any atom is 0.0869 e. The molecule has 0 radical (unpaired) electrons. The Hall–Kier alpha value is -1.28. The molecule has 2 nitrogen and oxygen atoms in total. The smallest absolute Gasteiger partial charge is 0.0869 e. The van der Waals surface area contributed by atoms with Crippen molar-refractivity contribution in [2.75, 3.05) is 6.61 Å². The van der Waals surface area contributed by atoms with Crippen LogP contribution in [0.15, 0.2) is 24.3 Å². The van der Waals surface area contributed by atoms with Crippen LogP contribution in [-0.2, 0) is 24.3 Å². The molecule has 2 heteroatoms. The molecule has 84 valence electrons. The van der Waals surface area contributed by atoms with Crippen LogP contribution < -0.4 is 0 Å². The molecule has 0 N–H and O–H groups in total. The highest BCUT2D eigenvalue weighted by Crippen LogP contribution is 2.26. The highest BCUT2D eigenvalue weighted by atomic mass is 16.5. The normalized spacial score (nSPS) is 15.3. The van der Waals surface area contributed by atoms with Gasteiger partial charge in [0.05, 0.1) is 18.7 Å². The van der Waals surface area contributed by atoms with Gasteiger partial charge in [-0.05, 0) is 18.1 Å². The van der Waals surface area contributed by atoms with Crippen LogP contribution in [0.3, 0.4) is 0 Å². The van der Waals surface area contributed by atoms with Gasteiger partial charge in [-0.2, -0.15) is 0 Å². The molecule has 1 aliphatic rings. The Kier molecular flexibility index (Phi) is 2.44. The van der Waals surface area contributed by atoms with Crippen molar-refractivity contribution in [1.29, 1.82) is 0 Å². The number of ether oxygens (including phenoxy) is 1. The second kappa shape index (κ2) is 3.95. The summed E-state index contributed by atoms with van der Waals surface area (Å²) in [4.78, 5) is 0. The quantitative estimate of drug-likeness (QED) is 0.750. The minimum Gasteiger partial charge on any atom is -0.373 e. The van der Waals surface area contributed by atoms with Crippen molar-refractivity contribution < 1.29 is 4.74 Å². The zero-order valence-corrected chi connectivity index (χ0v) is 9.70. The number of fused-ring (bicyclic) bond motifs is 3. The molecule has 16 heavy (non-hydrogen) atoms. The van der Waals surface area contributed by atoms with Crippen LogP contribution in [0.25, 0.3) is 10.9 Å². The van der Waals surface area contributed by atoms with E-state index in [-0.39, 0.29) is 0 Å². The third-order valence-electron chi connectivity index (χ3n) is 3.32. The van der Waals surface area contributed by atoms with Gasteiger partial charge in [-0.1, -0.05) is 31.5 Å². The summed E-state index contributed by atoms with van der Waals surface area (Å²) in [6.45, 7) is 4.85. The first-order valence-electron chi connectivity index (χ1n) is 6.08. The molecule has 3 rings (SSSR count). The van der Waals surface area contributed by atoms with Crippen molar-refractivity contribution in [3.8, 4) is 0 Å². The van der Waals surface area contributed by atoms with Gasteiger partial charge in [0.1, 0.15) is 0 Å². The average molecular weight is 215 g/mol. The maximum atomic E-state index is 5.50. The number of benzene rings is 1. The Balaban J connectivity index is 2.23. The fourth-order valence-electron chi connectivity index (χ4n) is 2.64. The fraction of sp³-hybridized carbons (Fsp3) is 0.429. The minimum atomic E-state index is 0.764. The van der Waals surface area contributed by atoms with Crippen molar-refractivity contribution in [1.82, 2.24) is 4.57 Å². The number of hydrogen-bond acceptors (Lipinski definition) is 1. The summed E-state index contributed by atoms with van der Waals surface area (Å²) >= 11 is 0. The largest absolute Gasteiger partial charge is 0.373 e. The van der Waals surface area contributed by atoms with Gasteiger partial charge in [0.25, 0.3) is 0 Å². The zero-order chi connectivity index (χ0) is 11.0. The van der Waals surface area contributed by atoms with Crippen molar-refractivity contribution in [2.24, 2.45) is 0 Å². The highest BCUT2D eigenvalue weighted by Gasteiger charge is 2.14. The number of para-hydroxylation sites is 1. The van der Waals surface area contributed by atoms with Gasteiger partial charge >= 0.3 is 0 Å². The Bertz CT molecular complexity index is 513. The molecule has 0 spiro atoms. The molecule has 0 saturated heterocycles. The molecule has 2 aromatic rings. The van der Waals surface area contributed by atoms with E-state index in [2.05, 4.69) is 35.8 Å². The van der Waals surface area contributed by atoms with Gasteiger partial charge in [0, 0.05) is 17.6 Å². The molecule has 0 fully saturated rings. The lowest BCUT2D eigenvalue weighted by atomic mass is 10.1. The van der Waals surface area contributed by atoms with Crippen LogP contribution >= 0.6 is 0 Å². The number of aromatic nitrogens is 1. The third-order valence-corrected chi connectivity index (χ3v) is 3.32. The van der Waals surface area contributed by atoms with E-state index in [1.54, 1.807) is 0 Å². The molecule has 0 atom stereocenters. The topological polar surface area (TPSA) is 14.2 Å². The van der Waals surface area contributed by atoms with Crippen molar-refractivity contribution in [3.05, 3.63) is 35.5 Å². The third kappa shape index (κ3) is 1.45. The molecule has 0 bridgehead atoms. The first-order chi connectivity index (χ1) is 7.90. The van der Waals surface area contributed by atoms with Crippen molar-refractivity contribution in [3.63, 3.8) is 0 Å². The molecule has 0 saturated carbocycles. The predicted molar refractivity (Wildman–Crippen MR) is 65.6 cm³/mol. The number of rotatable bonds is 2. The van der Waals surface area contributed by atoms with E-state index in [0.29, 0.717) is 0 Å². The van der Waals surface area contributed by atoms with Crippen LogP contribution in [0.1, 0.15) is 24.6 Å². The molecular weight excluding hydrogens is 198 g/mol. The van der Waals surface area contributed by atoms with Crippen LogP contribution in [0.2, 0.25) is 0 Å². The van der Waals surface area contributed by atoms with E-state index in [9.17, 15) is 0 Å². The standard InChI is InChI=1S/C14H17NO/c1-2-4-11-5-3-6-12-9-13-10-16-8-7-15(13)14(11)12/h3,5-6,9H,2,4,7-8,10H2,1H3. The maximum absolute atomic E-state index is 5.50. The van der Waals surface area contributed by atoms with E-state index >= 15 is 0 Å². The Morgan fingerprint density at radius 2 is 2.31 bits per heavy atom. The van der Waals surface area contributed by atoms with E-state index in [1.165, 1.54) is 35.0 Å². The summed E-state index contributed by atoms with van der Waals surface area (Å²) in [5.41, 5.74) is 4.24. The number of aryl methyl sites for hydroxylation is 1. The van der Waals surface area contributed by atoms with E-state index in [4.69, 9.17) is 4.74 Å². The summed E-state index contributed by atoms with van der Waals surface area (Å²) in [6, 6.07) is 8.90. The van der Waals surface area contributed by atoms with Gasteiger partial charge in [-0.25, -0.2) is 0 Å². The molecule has 0 amide bonds. The van der Waals surface area contributed by atoms with Gasteiger partial charge in [0.15, 0.2) is 0 Å². The first kappa shape index (κ1) is 9.91. The molecule has 0 unspecified atom stereocenters. The molecule has 1 aliphatic heterocycles. The predicted octanol–water partition coefficient (Wildman–Crippen LogP) is 3.12. The van der Waals surface area contributed by atoms with Crippen LogP contribution in [0.5, 0.6) is 0 Å². The molecule has 1 aromatic carbocycles. The Morgan fingerprint density at radius 3 is 3.19 bits per heavy atom. The van der Waals surface area contributed by atoms with Gasteiger partial charge in [-0.15, -0.1) is 0 Å². The Labute approximate surface area is 95.8 Å². The summed E-state index contributed by atoms with van der Waals surface area (Å²) in [5.74, 6) is 0. The molecule has 0 aliphatic carbocycles. The monoisotopic (exact) mass is 215 g/mol.